The number of nitro benzene ring substituents is 1. The molecule has 2 aromatic rings. The maximum Gasteiger partial charge on any atom is 0.271 e. The molecule has 0 saturated heterocycles. The second-order valence-corrected chi connectivity index (χ2v) is 7.60. The van der Waals surface area contributed by atoms with E-state index in [-0.39, 0.29) is 16.8 Å². The molecule has 0 aliphatic heterocycles. The fraction of sp³-hybridized carbons (Fsp3) is 0.353. The lowest BCUT2D eigenvalue weighted by atomic mass is 10.2. The molecule has 0 aliphatic rings. The maximum atomic E-state index is 12.4. The number of thioether (sulfide) groups is 1. The van der Waals surface area contributed by atoms with Crippen molar-refractivity contribution < 1.29 is 14.8 Å². The third-order valence-electron chi connectivity index (χ3n) is 3.48. The van der Waals surface area contributed by atoms with E-state index in [0.717, 1.165) is 17.8 Å². The molecule has 1 aromatic heterocycles. The van der Waals surface area contributed by atoms with Gasteiger partial charge in [-0.1, -0.05) is 31.7 Å². The van der Waals surface area contributed by atoms with E-state index >= 15 is 0 Å². The SMILES string of the molecule is CC(C)Cn1c(S[C@H](C)C(=O)Nc2cccc([N+](=O)[O-])c2)nc(O)cc1=O. The second kappa shape index (κ2) is 8.67. The Hall–Kier alpha value is -2.88. The number of aromatic hydroxyl groups is 1. The van der Waals surface area contributed by atoms with Gasteiger partial charge in [-0.05, 0) is 18.9 Å². The highest BCUT2D eigenvalue weighted by Crippen LogP contribution is 2.24. The van der Waals surface area contributed by atoms with Crippen LogP contribution in [0.1, 0.15) is 20.8 Å². The van der Waals surface area contributed by atoms with Crippen LogP contribution >= 0.6 is 11.8 Å². The van der Waals surface area contributed by atoms with Crippen LogP contribution in [0.25, 0.3) is 0 Å². The van der Waals surface area contributed by atoms with Gasteiger partial charge in [0, 0.05) is 24.4 Å². The molecular weight excluding hydrogens is 372 g/mol. The van der Waals surface area contributed by atoms with Gasteiger partial charge >= 0.3 is 0 Å². The Kier molecular flexibility index (Phi) is 6.56. The summed E-state index contributed by atoms with van der Waals surface area (Å²) in [5.74, 6) is -0.648. The number of hydrogen-bond acceptors (Lipinski definition) is 7. The summed E-state index contributed by atoms with van der Waals surface area (Å²) in [5.41, 5.74) is -0.233. The van der Waals surface area contributed by atoms with Crippen LogP contribution in [0, 0.1) is 16.0 Å². The Labute approximate surface area is 159 Å². The Morgan fingerprint density at radius 2 is 2.07 bits per heavy atom. The van der Waals surface area contributed by atoms with E-state index in [1.807, 2.05) is 13.8 Å². The highest BCUT2D eigenvalue weighted by atomic mass is 32.2. The average molecular weight is 392 g/mol. The van der Waals surface area contributed by atoms with Crippen LogP contribution in [-0.2, 0) is 11.3 Å². The Morgan fingerprint density at radius 3 is 2.70 bits per heavy atom. The van der Waals surface area contributed by atoms with Crippen LogP contribution in [0.5, 0.6) is 5.88 Å². The lowest BCUT2D eigenvalue weighted by molar-refractivity contribution is -0.384. The molecule has 1 heterocycles. The fourth-order valence-electron chi connectivity index (χ4n) is 2.25. The topological polar surface area (TPSA) is 127 Å². The number of amides is 1. The van der Waals surface area contributed by atoms with Crippen LogP contribution in [0.15, 0.2) is 40.3 Å². The van der Waals surface area contributed by atoms with Gasteiger partial charge in [-0.15, -0.1) is 0 Å². The number of nitrogens with one attached hydrogen (secondary N) is 1. The van der Waals surface area contributed by atoms with Gasteiger partial charge in [0.2, 0.25) is 11.8 Å². The largest absolute Gasteiger partial charge is 0.493 e. The van der Waals surface area contributed by atoms with Crippen LogP contribution in [-0.4, -0.2) is 30.7 Å². The Morgan fingerprint density at radius 1 is 1.37 bits per heavy atom. The molecule has 2 rings (SSSR count). The molecule has 1 aromatic carbocycles. The zero-order chi connectivity index (χ0) is 20.1. The molecule has 10 heteroatoms. The van der Waals surface area contributed by atoms with Crippen LogP contribution < -0.4 is 10.9 Å². The second-order valence-electron chi connectivity index (χ2n) is 6.30. The summed E-state index contributed by atoms with van der Waals surface area (Å²) in [5, 5.41) is 22.6. The molecule has 27 heavy (non-hydrogen) atoms. The number of carbonyl (C=O) groups is 1. The Balaban J connectivity index is 2.18. The Bertz CT molecular complexity index is 912. The normalized spacial score (nSPS) is 12.0. The molecule has 1 atom stereocenters. The molecule has 1 amide bonds. The number of benzene rings is 1. The van der Waals surface area contributed by atoms with E-state index in [0.29, 0.717) is 12.2 Å². The van der Waals surface area contributed by atoms with Crippen LogP contribution in [0.2, 0.25) is 0 Å². The predicted molar refractivity (Wildman–Crippen MR) is 102 cm³/mol. The van der Waals surface area contributed by atoms with Gasteiger partial charge in [0.1, 0.15) is 0 Å². The lowest BCUT2D eigenvalue weighted by Crippen LogP contribution is -2.27. The minimum absolute atomic E-state index is 0.131. The first-order chi connectivity index (χ1) is 12.7. The summed E-state index contributed by atoms with van der Waals surface area (Å²) in [4.78, 5) is 38.8. The predicted octanol–water partition coefficient (Wildman–Crippen LogP) is 2.63. The third-order valence-corrected chi connectivity index (χ3v) is 4.57. The van der Waals surface area contributed by atoms with E-state index in [4.69, 9.17) is 0 Å². The molecule has 144 valence electrons. The van der Waals surface area contributed by atoms with E-state index in [9.17, 15) is 24.8 Å². The molecule has 0 unspecified atom stereocenters. The number of nitrogens with zero attached hydrogens (tertiary/aromatic N) is 3. The lowest BCUT2D eigenvalue weighted by Gasteiger charge is -2.16. The number of nitro groups is 1. The fourth-order valence-corrected chi connectivity index (χ4v) is 3.17. The highest BCUT2D eigenvalue weighted by Gasteiger charge is 2.20. The van der Waals surface area contributed by atoms with Gasteiger partial charge in [0.15, 0.2) is 5.16 Å². The third kappa shape index (κ3) is 5.55. The number of anilines is 1. The van der Waals surface area contributed by atoms with Gasteiger partial charge in [0.25, 0.3) is 11.2 Å². The standard InChI is InChI=1S/C17H20N4O5S/c1-10(2)9-20-15(23)8-14(22)19-17(20)27-11(3)16(24)18-12-5-4-6-13(7-12)21(25)26/h4-8,10-11,22H,9H2,1-3H3,(H,18,24)/t11-/m1/s1. The average Bonchev–Trinajstić information content (AvgIpc) is 2.57. The van der Waals surface area contributed by atoms with Crippen molar-refractivity contribution >= 4 is 29.0 Å². The summed E-state index contributed by atoms with van der Waals surface area (Å²) in [6.45, 7) is 5.89. The maximum absolute atomic E-state index is 12.4. The van der Waals surface area contributed by atoms with Crippen molar-refractivity contribution in [3.63, 3.8) is 0 Å². The minimum atomic E-state index is -0.656. The highest BCUT2D eigenvalue weighted by molar-refractivity contribution is 8.00. The number of carbonyl (C=O) groups excluding carboxylic acids is 1. The zero-order valence-electron chi connectivity index (χ0n) is 15.1. The number of aromatic nitrogens is 2. The van der Waals surface area contributed by atoms with E-state index in [1.165, 1.54) is 22.8 Å². The number of rotatable bonds is 7. The summed E-state index contributed by atoms with van der Waals surface area (Å²) < 4.78 is 1.41. The molecule has 0 aliphatic carbocycles. The molecule has 0 saturated carbocycles. The summed E-state index contributed by atoms with van der Waals surface area (Å²) in [6.07, 6.45) is 0. The monoisotopic (exact) mass is 392 g/mol. The quantitative estimate of drug-likeness (QED) is 0.321. The zero-order valence-corrected chi connectivity index (χ0v) is 15.9. The molecule has 9 nitrogen and oxygen atoms in total. The molecule has 0 radical (unpaired) electrons. The molecular formula is C17H20N4O5S. The van der Waals surface area contributed by atoms with Crippen molar-refractivity contribution in [3.05, 3.63) is 50.8 Å². The van der Waals surface area contributed by atoms with E-state index < -0.39 is 27.5 Å². The van der Waals surface area contributed by atoms with Crippen molar-refractivity contribution in [1.82, 2.24) is 9.55 Å². The van der Waals surface area contributed by atoms with E-state index in [2.05, 4.69) is 10.3 Å². The summed E-state index contributed by atoms with van der Waals surface area (Å²) in [7, 11) is 0. The number of hydrogen-bond donors (Lipinski definition) is 2. The van der Waals surface area contributed by atoms with Crippen LogP contribution in [0.4, 0.5) is 11.4 Å². The van der Waals surface area contributed by atoms with Crippen molar-refractivity contribution in [3.8, 4) is 5.88 Å². The van der Waals surface area contributed by atoms with Crippen molar-refractivity contribution in [2.24, 2.45) is 5.92 Å². The minimum Gasteiger partial charge on any atom is -0.493 e. The van der Waals surface area contributed by atoms with Crippen LogP contribution in [0.3, 0.4) is 0 Å². The van der Waals surface area contributed by atoms with Crippen molar-refractivity contribution in [2.75, 3.05) is 5.32 Å². The van der Waals surface area contributed by atoms with Gasteiger partial charge in [0.05, 0.1) is 16.2 Å². The summed E-state index contributed by atoms with van der Waals surface area (Å²) in [6, 6.07) is 6.64. The first kappa shape index (κ1) is 20.4. The first-order valence-corrected chi connectivity index (χ1v) is 9.08. The first-order valence-electron chi connectivity index (χ1n) is 8.20. The van der Waals surface area contributed by atoms with Crippen molar-refractivity contribution in [1.29, 1.82) is 0 Å². The van der Waals surface area contributed by atoms with Gasteiger partial charge < -0.3 is 10.4 Å². The van der Waals surface area contributed by atoms with Gasteiger partial charge in [-0.3, -0.25) is 24.3 Å². The smallest absolute Gasteiger partial charge is 0.271 e. The van der Waals surface area contributed by atoms with Gasteiger partial charge in [-0.2, -0.15) is 4.98 Å². The van der Waals surface area contributed by atoms with E-state index in [1.54, 1.807) is 13.0 Å². The van der Waals surface area contributed by atoms with Crippen molar-refractivity contribution in [2.45, 2.75) is 37.7 Å². The number of non-ortho nitro benzene ring substituents is 1. The molecule has 0 fully saturated rings. The summed E-state index contributed by atoms with van der Waals surface area (Å²) >= 11 is 1.02. The molecule has 0 bridgehead atoms. The van der Waals surface area contributed by atoms with Gasteiger partial charge in [-0.25, -0.2) is 0 Å². The molecule has 0 spiro atoms. The molecule has 2 N–H and O–H groups in total.